The van der Waals surface area contributed by atoms with Crippen molar-refractivity contribution >= 4 is 0 Å². The summed E-state index contributed by atoms with van der Waals surface area (Å²) >= 11 is 0. The van der Waals surface area contributed by atoms with Gasteiger partial charge in [0.05, 0.1) is 18.8 Å². The van der Waals surface area contributed by atoms with Crippen LogP contribution in [0, 0.1) is 0 Å². The third-order valence-electron chi connectivity index (χ3n) is 3.93. The quantitative estimate of drug-likeness (QED) is 0.918. The average molecular weight is 285 g/mol. The van der Waals surface area contributed by atoms with E-state index in [1.165, 1.54) is 16.7 Å². The second-order valence-corrected chi connectivity index (χ2v) is 5.62. The van der Waals surface area contributed by atoms with Gasteiger partial charge in [0.1, 0.15) is 5.75 Å². The predicted molar refractivity (Wildman–Crippen MR) is 83.6 cm³/mol. The summed E-state index contributed by atoms with van der Waals surface area (Å²) in [6.45, 7) is 3.98. The van der Waals surface area contributed by atoms with Crippen LogP contribution in [0.1, 0.15) is 42.5 Å². The molecule has 112 valence electrons. The summed E-state index contributed by atoms with van der Waals surface area (Å²) in [5.74, 6) is 1.07. The Morgan fingerprint density at radius 3 is 3.10 bits per heavy atom. The van der Waals surface area contributed by atoms with Crippen molar-refractivity contribution in [3.8, 4) is 5.75 Å². The highest BCUT2D eigenvalue weighted by Crippen LogP contribution is 2.35. The van der Waals surface area contributed by atoms with Crippen molar-refractivity contribution in [2.75, 3.05) is 13.2 Å². The van der Waals surface area contributed by atoms with Crippen LogP contribution in [0.4, 0.5) is 0 Å². The van der Waals surface area contributed by atoms with Gasteiger partial charge in [0, 0.05) is 24.4 Å². The maximum atomic E-state index is 5.98. The summed E-state index contributed by atoms with van der Waals surface area (Å²) in [6, 6.07) is 6.63. The highest BCUT2D eigenvalue weighted by molar-refractivity contribution is 5.47. The van der Waals surface area contributed by atoms with Gasteiger partial charge in [0.15, 0.2) is 0 Å². The first-order valence-electron chi connectivity index (χ1n) is 7.76. The summed E-state index contributed by atoms with van der Waals surface area (Å²) in [7, 11) is 1.96. The lowest BCUT2D eigenvalue weighted by molar-refractivity contribution is 0.283. The van der Waals surface area contributed by atoms with Crippen LogP contribution in [0.25, 0.3) is 0 Å². The van der Waals surface area contributed by atoms with Gasteiger partial charge in [-0.3, -0.25) is 4.68 Å². The van der Waals surface area contributed by atoms with Crippen molar-refractivity contribution in [3.63, 3.8) is 0 Å². The molecule has 0 saturated heterocycles. The molecule has 0 radical (unpaired) electrons. The number of aryl methyl sites for hydroxylation is 2. The van der Waals surface area contributed by atoms with Crippen LogP contribution < -0.4 is 10.1 Å². The van der Waals surface area contributed by atoms with Gasteiger partial charge in [0.2, 0.25) is 0 Å². The van der Waals surface area contributed by atoms with Crippen molar-refractivity contribution < 1.29 is 4.74 Å². The highest BCUT2D eigenvalue weighted by Gasteiger charge is 2.22. The molecule has 2 heterocycles. The molecule has 1 aliphatic rings. The molecule has 1 atom stereocenters. The minimum absolute atomic E-state index is 0.145. The van der Waals surface area contributed by atoms with Crippen LogP contribution in [0.3, 0.4) is 0 Å². The minimum Gasteiger partial charge on any atom is -0.493 e. The topological polar surface area (TPSA) is 39.1 Å². The zero-order valence-corrected chi connectivity index (χ0v) is 12.8. The molecule has 4 heteroatoms. The normalized spacial score (nSPS) is 15.3. The summed E-state index contributed by atoms with van der Waals surface area (Å²) < 4.78 is 7.83. The van der Waals surface area contributed by atoms with E-state index in [9.17, 15) is 0 Å². The lowest BCUT2D eigenvalue weighted by Gasteiger charge is -2.25. The second kappa shape index (κ2) is 6.31. The van der Waals surface area contributed by atoms with E-state index in [0.29, 0.717) is 0 Å². The van der Waals surface area contributed by atoms with Crippen LogP contribution in [0.5, 0.6) is 5.75 Å². The highest BCUT2D eigenvalue weighted by atomic mass is 16.5. The van der Waals surface area contributed by atoms with Crippen molar-refractivity contribution in [2.45, 2.75) is 32.2 Å². The van der Waals surface area contributed by atoms with E-state index in [0.717, 1.165) is 38.2 Å². The number of fused-ring (bicyclic) bond motifs is 1. The molecule has 1 aromatic heterocycles. The van der Waals surface area contributed by atoms with E-state index in [1.807, 2.05) is 17.9 Å². The molecule has 0 aliphatic carbocycles. The number of aromatic nitrogens is 2. The number of hydrogen-bond acceptors (Lipinski definition) is 3. The fraction of sp³-hybridized carbons (Fsp3) is 0.471. The number of para-hydroxylation sites is 1. The van der Waals surface area contributed by atoms with Crippen LogP contribution >= 0.6 is 0 Å². The minimum atomic E-state index is 0.145. The molecule has 21 heavy (non-hydrogen) atoms. The Balaban J connectivity index is 2.00. The Bertz CT molecular complexity index is 606. The Morgan fingerprint density at radius 2 is 2.33 bits per heavy atom. The van der Waals surface area contributed by atoms with E-state index in [1.54, 1.807) is 0 Å². The molecule has 1 N–H and O–H groups in total. The van der Waals surface area contributed by atoms with Gasteiger partial charge >= 0.3 is 0 Å². The van der Waals surface area contributed by atoms with Crippen molar-refractivity contribution in [1.82, 2.24) is 15.1 Å². The van der Waals surface area contributed by atoms with Crippen LogP contribution in [0.15, 0.2) is 30.6 Å². The van der Waals surface area contributed by atoms with E-state index < -0.39 is 0 Å². The van der Waals surface area contributed by atoms with Gasteiger partial charge in [0.25, 0.3) is 0 Å². The van der Waals surface area contributed by atoms with Gasteiger partial charge in [-0.2, -0.15) is 5.10 Å². The third kappa shape index (κ3) is 2.95. The number of nitrogens with zero attached hydrogens (tertiary/aromatic N) is 2. The first kappa shape index (κ1) is 14.1. The first-order chi connectivity index (χ1) is 10.3. The summed E-state index contributed by atoms with van der Waals surface area (Å²) in [4.78, 5) is 0. The molecule has 2 aromatic rings. The number of ether oxygens (including phenoxy) is 1. The van der Waals surface area contributed by atoms with Gasteiger partial charge in [-0.15, -0.1) is 0 Å². The summed E-state index contributed by atoms with van der Waals surface area (Å²) in [5.41, 5.74) is 3.74. The first-order valence-corrected chi connectivity index (χ1v) is 7.76. The smallest absolute Gasteiger partial charge is 0.127 e. The van der Waals surface area contributed by atoms with Crippen molar-refractivity contribution in [3.05, 3.63) is 47.3 Å². The molecule has 0 fully saturated rings. The molecular formula is C17H23N3O. The van der Waals surface area contributed by atoms with Crippen LogP contribution in [-0.2, 0) is 13.5 Å². The summed E-state index contributed by atoms with van der Waals surface area (Å²) in [6.07, 6.45) is 7.34. The zero-order chi connectivity index (χ0) is 14.7. The largest absolute Gasteiger partial charge is 0.493 e. The number of rotatable bonds is 5. The zero-order valence-electron chi connectivity index (χ0n) is 12.8. The average Bonchev–Trinajstić information content (AvgIpc) is 2.94. The van der Waals surface area contributed by atoms with Gasteiger partial charge in [-0.05, 0) is 31.4 Å². The van der Waals surface area contributed by atoms with Crippen molar-refractivity contribution in [1.29, 1.82) is 0 Å². The SMILES string of the molecule is CCCNC(c1cnn(C)c1)c1cccc2c1OCCC2. The predicted octanol–water partition coefficient (Wildman–Crippen LogP) is 2.83. The number of nitrogens with one attached hydrogen (secondary N) is 1. The Morgan fingerprint density at radius 1 is 1.43 bits per heavy atom. The Hall–Kier alpha value is -1.81. The van der Waals surface area contributed by atoms with Crippen LogP contribution in [0.2, 0.25) is 0 Å². The van der Waals surface area contributed by atoms with Crippen molar-refractivity contribution in [2.24, 2.45) is 7.05 Å². The molecule has 1 aromatic carbocycles. The van der Waals surface area contributed by atoms with Gasteiger partial charge < -0.3 is 10.1 Å². The summed E-state index contributed by atoms with van der Waals surface area (Å²) in [5, 5.41) is 7.95. The maximum Gasteiger partial charge on any atom is 0.127 e. The van der Waals surface area contributed by atoms with E-state index in [-0.39, 0.29) is 6.04 Å². The second-order valence-electron chi connectivity index (χ2n) is 5.62. The molecular weight excluding hydrogens is 262 g/mol. The monoisotopic (exact) mass is 285 g/mol. The lowest BCUT2D eigenvalue weighted by Crippen LogP contribution is -2.24. The fourth-order valence-corrected chi connectivity index (χ4v) is 2.93. The molecule has 1 aliphatic heterocycles. The number of benzene rings is 1. The molecule has 0 saturated carbocycles. The van der Waals surface area contributed by atoms with E-state index in [4.69, 9.17) is 4.74 Å². The molecule has 3 rings (SSSR count). The third-order valence-corrected chi connectivity index (χ3v) is 3.93. The Kier molecular flexibility index (Phi) is 4.25. The molecule has 0 spiro atoms. The standard InChI is InChI=1S/C17H23N3O/c1-3-9-18-16(14-11-19-20(2)12-14)15-8-4-6-13-7-5-10-21-17(13)15/h4,6,8,11-12,16,18H,3,5,7,9-10H2,1-2H3. The Labute approximate surface area is 126 Å². The molecule has 0 bridgehead atoms. The van der Waals surface area contributed by atoms with E-state index in [2.05, 4.69) is 41.7 Å². The maximum absolute atomic E-state index is 5.98. The molecule has 1 unspecified atom stereocenters. The number of hydrogen-bond donors (Lipinski definition) is 1. The molecule has 4 nitrogen and oxygen atoms in total. The lowest BCUT2D eigenvalue weighted by atomic mass is 9.95. The van der Waals surface area contributed by atoms with Gasteiger partial charge in [-0.25, -0.2) is 0 Å². The fourth-order valence-electron chi connectivity index (χ4n) is 2.93. The van der Waals surface area contributed by atoms with Crippen LogP contribution in [-0.4, -0.2) is 22.9 Å². The molecule has 0 amide bonds. The van der Waals surface area contributed by atoms with E-state index >= 15 is 0 Å². The van der Waals surface area contributed by atoms with Gasteiger partial charge in [-0.1, -0.05) is 25.1 Å².